The van der Waals surface area contributed by atoms with E-state index < -0.39 is 26.3 Å². The number of nitrogens with zero attached hydrogens (tertiary/aromatic N) is 2. The smallest absolute Gasteiger partial charge is 1.00 e. The Morgan fingerprint density at radius 2 is 1.22 bits per heavy atom. The third-order valence-electron chi connectivity index (χ3n) is 2.51. The molecule has 0 unspecified atom stereocenters. The Morgan fingerprint density at radius 1 is 0.938 bits per heavy atom. The summed E-state index contributed by atoms with van der Waals surface area (Å²) in [4.78, 5) is 0. The molecular weight excluding hydrogens is 520 g/mol. The van der Waals surface area contributed by atoms with Gasteiger partial charge in [0.25, 0.3) is 0 Å². The van der Waals surface area contributed by atoms with E-state index in [1.54, 1.807) is 27.0 Å². The van der Waals surface area contributed by atoms with Crippen LogP contribution in [0.25, 0.3) is 0 Å². The van der Waals surface area contributed by atoms with Gasteiger partial charge in [-0.3, -0.25) is 0 Å². The molecule has 0 aliphatic heterocycles. The van der Waals surface area contributed by atoms with Gasteiger partial charge in [0.15, 0.2) is 17.4 Å². The van der Waals surface area contributed by atoms with E-state index in [1.807, 2.05) is 33.8 Å². The van der Waals surface area contributed by atoms with Gasteiger partial charge in [0.1, 0.15) is 11.2 Å². The minimum Gasteiger partial charge on any atom is -1.00 e. The minimum absolute atomic E-state index is 0. The largest absolute Gasteiger partial charge is 1.00 e. The number of aliphatic hydroxyl groups excluding tert-OH is 1. The molecule has 0 atom stereocenters. The standard InChI is InChI=1S/C5H13NO.C5H9NO.C4H7NO.C4H10O.CH4O.Al.2ClH.Li.Zn.4H/c2*1-5(2,4-6)7-3;1-4(2,6)3-5;1-3-5-4-2;1-2;;;;;;;;;/h4,6H2,1-3H3;1-3H3;6H,1-2H3;3-4H2,1-2H3;2H,1H3;;2*1H;;;;;;/q;;;;;;;;+1;+2;;;;-1/p-2. The van der Waals surface area contributed by atoms with Gasteiger partial charge in [-0.15, -0.1) is 0 Å². The number of aliphatic hydroxyl groups is 2. The molecular formula is C19H47AlCl2LiN3O5Zn. The van der Waals surface area contributed by atoms with Crippen molar-refractivity contribution in [2.75, 3.05) is 41.1 Å². The van der Waals surface area contributed by atoms with Crippen LogP contribution in [0.15, 0.2) is 0 Å². The predicted octanol–water partition coefficient (Wildman–Crippen LogP) is -0.454. The summed E-state index contributed by atoms with van der Waals surface area (Å²) in [6.07, 6.45) is 0. The Bertz CT molecular complexity index is 408. The van der Waals surface area contributed by atoms with Gasteiger partial charge in [-0.05, 0) is 55.4 Å². The molecule has 0 aromatic heterocycles. The minimum atomic E-state index is -1.15. The first-order valence-electron chi connectivity index (χ1n) is 9.13. The van der Waals surface area contributed by atoms with Crippen molar-refractivity contribution in [1.82, 2.24) is 0 Å². The van der Waals surface area contributed by atoms with Gasteiger partial charge in [0.05, 0.1) is 17.7 Å². The van der Waals surface area contributed by atoms with Crippen LogP contribution >= 0.6 is 19.4 Å². The molecule has 0 saturated carbocycles. The summed E-state index contributed by atoms with van der Waals surface area (Å²) in [5, 5.41) is 31.6. The molecule has 0 aliphatic carbocycles. The Balaban J connectivity index is -0.0000000305. The average Bonchev–Trinajstić information content (AvgIpc) is 2.71. The molecule has 13 heteroatoms. The molecule has 0 rings (SSSR count). The summed E-state index contributed by atoms with van der Waals surface area (Å²) in [7, 11) is 14.1. The summed E-state index contributed by atoms with van der Waals surface area (Å²) in [5.74, 6) is 0. The molecule has 4 N–H and O–H groups in total. The second-order valence-electron chi connectivity index (χ2n) is 6.55. The van der Waals surface area contributed by atoms with Crippen LogP contribution in [0, 0.1) is 22.7 Å². The van der Waals surface area contributed by atoms with E-state index in [0.717, 1.165) is 20.3 Å². The number of halogens is 2. The SMILES string of the molecule is CC(C)(O)C#N.CCOCC.CO.COC(C)(C)C#N.COC(C)(C)CN.[AlH3].[Cl][Zn][Cl].[H-].[Li+]. The van der Waals surface area contributed by atoms with Crippen LogP contribution in [-0.4, -0.2) is 85.5 Å². The number of nitrogens with two attached hydrogens (primary N) is 1. The van der Waals surface area contributed by atoms with E-state index in [0.29, 0.717) is 6.54 Å². The molecule has 0 bridgehead atoms. The molecule has 0 radical (unpaired) electrons. The summed E-state index contributed by atoms with van der Waals surface area (Å²) in [6.45, 7) is 16.4. The van der Waals surface area contributed by atoms with E-state index in [1.165, 1.54) is 21.0 Å². The van der Waals surface area contributed by atoms with E-state index >= 15 is 0 Å². The second-order valence-corrected chi connectivity index (χ2v) is 11.2. The first-order valence-corrected chi connectivity index (χ1v) is 16.9. The van der Waals surface area contributed by atoms with Crippen molar-refractivity contribution in [2.24, 2.45) is 5.73 Å². The maximum atomic E-state index is 8.47. The molecule has 188 valence electrons. The zero-order valence-electron chi connectivity index (χ0n) is 22.7. The predicted molar refractivity (Wildman–Crippen MR) is 132 cm³/mol. The van der Waals surface area contributed by atoms with Crippen LogP contribution in [0.1, 0.15) is 56.8 Å². The average molecular weight is 568 g/mol. The van der Waals surface area contributed by atoms with Crippen molar-refractivity contribution in [3.8, 4) is 12.1 Å². The van der Waals surface area contributed by atoms with E-state index in [4.69, 9.17) is 60.1 Å². The molecule has 0 aliphatic rings. The van der Waals surface area contributed by atoms with Gasteiger partial charge < -0.3 is 31.6 Å². The first kappa shape index (κ1) is 54.1. The van der Waals surface area contributed by atoms with Crippen molar-refractivity contribution in [1.29, 1.82) is 10.5 Å². The zero-order valence-corrected chi connectivity index (χ0v) is 26.2. The molecule has 0 spiro atoms. The maximum absolute atomic E-state index is 8.47. The quantitative estimate of drug-likeness (QED) is 0.300. The van der Waals surface area contributed by atoms with Crippen LogP contribution < -0.4 is 24.6 Å². The topological polar surface area (TPSA) is 142 Å². The molecule has 0 aromatic carbocycles. The molecule has 0 aromatic rings. The van der Waals surface area contributed by atoms with E-state index in [9.17, 15) is 0 Å². The molecule has 0 heterocycles. The Morgan fingerprint density at radius 3 is 1.22 bits per heavy atom. The van der Waals surface area contributed by atoms with Crippen molar-refractivity contribution in [2.45, 2.75) is 72.2 Å². The number of nitriles is 2. The van der Waals surface area contributed by atoms with Gasteiger partial charge >= 0.3 is 53.4 Å². The van der Waals surface area contributed by atoms with Crippen LogP contribution in [0.3, 0.4) is 0 Å². The van der Waals surface area contributed by atoms with Crippen molar-refractivity contribution < 1.29 is 59.9 Å². The zero-order chi connectivity index (χ0) is 25.9. The number of hydrogen-bond donors (Lipinski definition) is 3. The van der Waals surface area contributed by atoms with Crippen LogP contribution in [-0.2, 0) is 29.4 Å². The maximum Gasteiger partial charge on any atom is 1.00 e. The van der Waals surface area contributed by atoms with Crippen LogP contribution in [0.5, 0.6) is 0 Å². The van der Waals surface area contributed by atoms with E-state index in [2.05, 4.69) is 0 Å². The summed E-state index contributed by atoms with van der Waals surface area (Å²) in [5.41, 5.74) is 3.39. The fourth-order valence-electron chi connectivity index (χ4n) is 0.333. The van der Waals surface area contributed by atoms with Gasteiger partial charge in [-0.25, -0.2) is 0 Å². The Kier molecular flexibility index (Phi) is 66.5. The fourth-order valence-corrected chi connectivity index (χ4v) is 0.333. The van der Waals surface area contributed by atoms with Crippen LogP contribution in [0.4, 0.5) is 0 Å². The summed E-state index contributed by atoms with van der Waals surface area (Å²) >= 11 is -0.931. The molecule has 0 fully saturated rings. The number of rotatable bonds is 5. The second kappa shape index (κ2) is 39.3. The van der Waals surface area contributed by atoms with Gasteiger partial charge in [-0.1, -0.05) is 0 Å². The normalized spacial score (nSPS) is 8.69. The molecule has 8 nitrogen and oxygen atoms in total. The Hall–Kier alpha value is 1.07. The van der Waals surface area contributed by atoms with E-state index in [-0.39, 0.29) is 43.2 Å². The number of ether oxygens (including phenoxy) is 3. The van der Waals surface area contributed by atoms with Gasteiger partial charge in [-0.2, -0.15) is 10.5 Å². The monoisotopic (exact) mass is 565 g/mol. The summed E-state index contributed by atoms with van der Waals surface area (Å²) in [6, 6.07) is 3.63. The van der Waals surface area contributed by atoms with Gasteiger partial charge in [0, 0.05) is 41.1 Å². The fraction of sp³-hybridized carbons (Fsp3) is 0.895. The third-order valence-corrected chi connectivity index (χ3v) is 2.51. The third kappa shape index (κ3) is 86.0. The molecule has 32 heavy (non-hydrogen) atoms. The van der Waals surface area contributed by atoms with Crippen molar-refractivity contribution in [3.63, 3.8) is 0 Å². The Labute approximate surface area is 236 Å². The molecule has 0 amide bonds. The number of methoxy groups -OCH3 is 2. The van der Waals surface area contributed by atoms with Crippen LogP contribution in [0.2, 0.25) is 0 Å². The first-order chi connectivity index (χ1) is 13.6. The summed E-state index contributed by atoms with van der Waals surface area (Å²) < 4.78 is 14.5. The number of hydrogen-bond acceptors (Lipinski definition) is 8. The van der Waals surface area contributed by atoms with Crippen molar-refractivity contribution in [3.05, 3.63) is 0 Å². The van der Waals surface area contributed by atoms with Gasteiger partial charge in [0.2, 0.25) is 0 Å². The van der Waals surface area contributed by atoms with Crippen molar-refractivity contribution >= 4 is 36.7 Å². The molecule has 0 saturated heterocycles.